The van der Waals surface area contributed by atoms with Crippen molar-refractivity contribution in [1.29, 1.82) is 0 Å². The van der Waals surface area contributed by atoms with Crippen LogP contribution in [-0.4, -0.2) is 42.6 Å². The molecule has 0 radical (unpaired) electrons. The summed E-state index contributed by atoms with van der Waals surface area (Å²) in [6, 6.07) is 16.4. The zero-order valence-corrected chi connectivity index (χ0v) is 15.8. The smallest absolute Gasteiger partial charge is 0.212 e. The van der Waals surface area contributed by atoms with Gasteiger partial charge in [-0.15, -0.1) is 0 Å². The molecule has 0 atom stereocenters. The highest BCUT2D eigenvalue weighted by Gasteiger charge is 2.32. The van der Waals surface area contributed by atoms with E-state index in [-0.39, 0.29) is 11.6 Å². The van der Waals surface area contributed by atoms with Crippen LogP contribution in [0.1, 0.15) is 34.6 Å². The highest BCUT2D eigenvalue weighted by atomic mass is 16.1. The first kappa shape index (κ1) is 18.9. The Morgan fingerprint density at radius 2 is 1.33 bits per heavy atom. The van der Waals surface area contributed by atoms with Crippen molar-refractivity contribution in [3.63, 3.8) is 0 Å². The number of nitrogens with zero attached hydrogens (tertiary/aromatic N) is 1. The average molecular weight is 363 g/mol. The number of hydrogen-bond acceptors (Lipinski definition) is 5. The van der Waals surface area contributed by atoms with Crippen molar-refractivity contribution in [2.24, 2.45) is 0 Å². The largest absolute Gasteiger partial charge is 0.379 e. The van der Waals surface area contributed by atoms with Crippen molar-refractivity contribution in [1.82, 2.24) is 10.2 Å². The van der Waals surface area contributed by atoms with E-state index < -0.39 is 0 Å². The van der Waals surface area contributed by atoms with Crippen molar-refractivity contribution >= 4 is 17.3 Å². The molecule has 140 valence electrons. The van der Waals surface area contributed by atoms with E-state index in [1.165, 1.54) is 0 Å². The fourth-order valence-electron chi connectivity index (χ4n) is 3.21. The molecule has 0 fully saturated rings. The van der Waals surface area contributed by atoms with Crippen LogP contribution < -0.4 is 10.6 Å². The van der Waals surface area contributed by atoms with Crippen LogP contribution in [0.5, 0.6) is 0 Å². The lowest BCUT2D eigenvalue weighted by atomic mass is 9.90. The molecule has 0 saturated carbocycles. The van der Waals surface area contributed by atoms with E-state index in [0.717, 1.165) is 25.3 Å². The average Bonchev–Trinajstić information content (AvgIpc) is 2.72. The van der Waals surface area contributed by atoms with Crippen LogP contribution in [-0.2, 0) is 0 Å². The minimum absolute atomic E-state index is 0.150. The standard InChI is InChI=1S/C22H25N3O2/c1-3-25(4-2)15-14-23-19-20(24-16-10-6-5-7-11-16)22(27)18-13-9-8-12-17(18)21(19)26/h5-13,23-24H,3-4,14-15H2,1-2H3. The lowest BCUT2D eigenvalue weighted by Crippen LogP contribution is -2.37. The Kier molecular flexibility index (Phi) is 6.04. The summed E-state index contributed by atoms with van der Waals surface area (Å²) >= 11 is 0. The molecule has 2 N–H and O–H groups in total. The van der Waals surface area contributed by atoms with Crippen LogP contribution in [0.2, 0.25) is 0 Å². The predicted molar refractivity (Wildman–Crippen MR) is 108 cm³/mol. The topological polar surface area (TPSA) is 61.4 Å². The summed E-state index contributed by atoms with van der Waals surface area (Å²) < 4.78 is 0. The number of hydrogen-bond donors (Lipinski definition) is 2. The molecule has 2 aromatic rings. The van der Waals surface area contributed by atoms with E-state index in [9.17, 15) is 9.59 Å². The molecular formula is C22H25N3O2. The molecule has 5 nitrogen and oxygen atoms in total. The molecule has 0 heterocycles. The number of fused-ring (bicyclic) bond motifs is 1. The zero-order valence-electron chi connectivity index (χ0n) is 15.8. The van der Waals surface area contributed by atoms with Crippen molar-refractivity contribution in [3.8, 4) is 0 Å². The van der Waals surface area contributed by atoms with Crippen molar-refractivity contribution in [2.45, 2.75) is 13.8 Å². The van der Waals surface area contributed by atoms with Gasteiger partial charge >= 0.3 is 0 Å². The molecule has 2 aromatic carbocycles. The van der Waals surface area contributed by atoms with E-state index in [1.807, 2.05) is 30.3 Å². The van der Waals surface area contributed by atoms with Gasteiger partial charge in [0.05, 0.1) is 0 Å². The molecule has 0 bridgehead atoms. The van der Waals surface area contributed by atoms with Gasteiger partial charge in [0.1, 0.15) is 11.4 Å². The summed E-state index contributed by atoms with van der Waals surface area (Å²) in [5, 5.41) is 6.37. The SMILES string of the molecule is CCN(CC)CCNC1=C(Nc2ccccc2)C(=O)c2ccccc2C1=O. The number of carbonyl (C=O) groups is 2. The van der Waals surface area contributed by atoms with E-state index in [4.69, 9.17) is 0 Å². The number of allylic oxidation sites excluding steroid dienone is 2. The second kappa shape index (κ2) is 8.64. The summed E-state index contributed by atoms with van der Waals surface area (Å²) in [4.78, 5) is 28.4. The summed E-state index contributed by atoms with van der Waals surface area (Å²) in [6.07, 6.45) is 0. The Hall–Kier alpha value is -2.92. The molecule has 1 aliphatic rings. The minimum atomic E-state index is -0.167. The quantitative estimate of drug-likeness (QED) is 0.753. The van der Waals surface area contributed by atoms with Gasteiger partial charge in [-0.1, -0.05) is 56.3 Å². The minimum Gasteiger partial charge on any atom is -0.379 e. The van der Waals surface area contributed by atoms with Crippen LogP contribution in [0.25, 0.3) is 0 Å². The van der Waals surface area contributed by atoms with Gasteiger partial charge in [-0.3, -0.25) is 9.59 Å². The first-order chi connectivity index (χ1) is 13.2. The number of carbonyl (C=O) groups excluding carboxylic acids is 2. The molecule has 0 unspecified atom stereocenters. The Labute approximate surface area is 160 Å². The number of Topliss-reactive ketones (excluding diaryl/α,β-unsaturated/α-hetero) is 2. The molecule has 27 heavy (non-hydrogen) atoms. The lowest BCUT2D eigenvalue weighted by Gasteiger charge is -2.24. The highest BCUT2D eigenvalue weighted by molar-refractivity contribution is 6.27. The van der Waals surface area contributed by atoms with E-state index in [0.29, 0.717) is 29.1 Å². The monoisotopic (exact) mass is 363 g/mol. The van der Waals surface area contributed by atoms with Gasteiger partial charge in [0.25, 0.3) is 0 Å². The fraction of sp³-hybridized carbons (Fsp3) is 0.273. The van der Waals surface area contributed by atoms with Crippen LogP contribution in [0, 0.1) is 0 Å². The zero-order chi connectivity index (χ0) is 19.2. The molecule has 0 spiro atoms. The summed E-state index contributed by atoms with van der Waals surface area (Å²) in [5.74, 6) is -0.317. The number of rotatable bonds is 8. The van der Waals surface area contributed by atoms with Crippen LogP contribution >= 0.6 is 0 Å². The van der Waals surface area contributed by atoms with Gasteiger partial charge in [0.15, 0.2) is 0 Å². The van der Waals surface area contributed by atoms with Gasteiger partial charge in [0, 0.05) is 29.9 Å². The summed E-state index contributed by atoms with van der Waals surface area (Å²) in [5.41, 5.74) is 2.32. The van der Waals surface area contributed by atoms with E-state index >= 15 is 0 Å². The molecule has 0 saturated heterocycles. The van der Waals surface area contributed by atoms with Gasteiger partial charge in [-0.2, -0.15) is 0 Å². The van der Waals surface area contributed by atoms with Gasteiger partial charge < -0.3 is 15.5 Å². The molecule has 0 aliphatic heterocycles. The molecule has 3 rings (SSSR count). The van der Waals surface area contributed by atoms with Gasteiger partial charge in [-0.25, -0.2) is 0 Å². The van der Waals surface area contributed by atoms with Crippen LogP contribution in [0.3, 0.4) is 0 Å². The van der Waals surface area contributed by atoms with Crippen molar-refractivity contribution in [3.05, 3.63) is 77.1 Å². The maximum absolute atomic E-state index is 13.1. The van der Waals surface area contributed by atoms with Crippen LogP contribution in [0.15, 0.2) is 66.0 Å². The maximum atomic E-state index is 13.1. The number of benzene rings is 2. The number of anilines is 1. The number of likely N-dealkylation sites (N-methyl/N-ethyl adjacent to an activating group) is 1. The van der Waals surface area contributed by atoms with E-state index in [2.05, 4.69) is 29.4 Å². The van der Waals surface area contributed by atoms with Crippen molar-refractivity contribution in [2.75, 3.05) is 31.5 Å². The molecular weight excluding hydrogens is 338 g/mol. The highest BCUT2D eigenvalue weighted by Crippen LogP contribution is 2.26. The lowest BCUT2D eigenvalue weighted by molar-refractivity contribution is 0.0969. The maximum Gasteiger partial charge on any atom is 0.212 e. The molecule has 0 amide bonds. The summed E-state index contributed by atoms with van der Waals surface area (Å²) in [7, 11) is 0. The van der Waals surface area contributed by atoms with Gasteiger partial charge in [-0.05, 0) is 25.2 Å². The summed E-state index contributed by atoms with van der Waals surface area (Å²) in [6.45, 7) is 7.51. The Morgan fingerprint density at radius 1 is 0.778 bits per heavy atom. The van der Waals surface area contributed by atoms with E-state index in [1.54, 1.807) is 24.3 Å². The van der Waals surface area contributed by atoms with Crippen LogP contribution in [0.4, 0.5) is 5.69 Å². The Morgan fingerprint density at radius 3 is 1.93 bits per heavy atom. The molecule has 5 heteroatoms. The van der Waals surface area contributed by atoms with Gasteiger partial charge in [0.2, 0.25) is 11.6 Å². The Balaban J connectivity index is 1.92. The molecule has 1 aliphatic carbocycles. The Bertz CT molecular complexity index is 855. The third-order valence-corrected chi connectivity index (χ3v) is 4.79. The van der Waals surface area contributed by atoms with Crippen molar-refractivity contribution < 1.29 is 9.59 Å². The number of para-hydroxylation sites is 1. The third kappa shape index (κ3) is 4.09. The first-order valence-electron chi connectivity index (χ1n) is 9.36. The fourth-order valence-corrected chi connectivity index (χ4v) is 3.21. The normalized spacial score (nSPS) is 13.7. The number of nitrogens with one attached hydrogen (secondary N) is 2. The first-order valence-corrected chi connectivity index (χ1v) is 9.36. The molecule has 0 aromatic heterocycles. The number of ketones is 2. The third-order valence-electron chi connectivity index (χ3n) is 4.79. The predicted octanol–water partition coefficient (Wildman–Crippen LogP) is 3.32. The second-order valence-corrected chi connectivity index (χ2v) is 6.40. The second-order valence-electron chi connectivity index (χ2n) is 6.40.